The summed E-state index contributed by atoms with van der Waals surface area (Å²) in [5.74, 6) is 0.165. The predicted molar refractivity (Wildman–Crippen MR) is 89.8 cm³/mol. The number of aromatic nitrogens is 2. The second kappa shape index (κ2) is 7.08. The normalized spacial score (nSPS) is 18.0. The Morgan fingerprint density at radius 3 is 2.87 bits per heavy atom. The second-order valence-electron chi connectivity index (χ2n) is 5.96. The molecule has 0 aromatic carbocycles. The summed E-state index contributed by atoms with van der Waals surface area (Å²) in [6, 6.07) is 4.34. The Kier molecular flexibility index (Phi) is 4.91. The lowest BCUT2D eigenvalue weighted by atomic mass is 10.1. The van der Waals surface area contributed by atoms with E-state index in [4.69, 9.17) is 4.74 Å². The molecule has 1 amide bonds. The summed E-state index contributed by atoms with van der Waals surface area (Å²) in [4.78, 5) is 23.0. The maximum absolute atomic E-state index is 12.4. The van der Waals surface area contributed by atoms with E-state index in [9.17, 15) is 4.79 Å². The predicted octanol–water partition coefficient (Wildman–Crippen LogP) is 2.77. The van der Waals surface area contributed by atoms with E-state index < -0.39 is 0 Å². The molecule has 1 saturated heterocycles. The largest absolute Gasteiger partial charge is 0.458 e. The molecule has 0 unspecified atom stereocenters. The van der Waals surface area contributed by atoms with E-state index in [0.717, 1.165) is 36.3 Å². The molecule has 0 bridgehead atoms. The summed E-state index contributed by atoms with van der Waals surface area (Å²) in [5.41, 5.74) is 2.88. The van der Waals surface area contributed by atoms with E-state index in [-0.39, 0.29) is 12.0 Å². The molecule has 5 nitrogen and oxygen atoms in total. The Hall–Kier alpha value is -1.95. The number of piperidine rings is 1. The molecule has 0 N–H and O–H groups in total. The Labute approximate surface area is 140 Å². The summed E-state index contributed by atoms with van der Waals surface area (Å²) in [5, 5.41) is 4.03. The fourth-order valence-electron chi connectivity index (χ4n) is 2.84. The van der Waals surface area contributed by atoms with Gasteiger partial charge in [-0.1, -0.05) is 0 Å². The summed E-state index contributed by atoms with van der Waals surface area (Å²) in [7, 11) is 0. The molecule has 6 heteroatoms. The molecule has 2 aromatic rings. The lowest BCUT2D eigenvalue weighted by Gasteiger charge is -2.32. The van der Waals surface area contributed by atoms with Crippen LogP contribution < -0.4 is 4.74 Å². The number of thiophene rings is 1. The van der Waals surface area contributed by atoms with Gasteiger partial charge in [-0.05, 0) is 55.1 Å². The number of likely N-dealkylation sites (tertiary alicyclic amines) is 1. The average molecular weight is 331 g/mol. The van der Waals surface area contributed by atoms with Crippen molar-refractivity contribution >= 4 is 17.2 Å². The van der Waals surface area contributed by atoms with Crippen LogP contribution in [0.4, 0.5) is 0 Å². The molecular weight excluding hydrogens is 310 g/mol. The molecule has 1 aliphatic rings. The lowest BCUT2D eigenvalue weighted by molar-refractivity contribution is -0.133. The van der Waals surface area contributed by atoms with E-state index in [1.165, 1.54) is 0 Å². The van der Waals surface area contributed by atoms with Crippen molar-refractivity contribution in [1.82, 2.24) is 14.9 Å². The first kappa shape index (κ1) is 15.9. The first-order chi connectivity index (χ1) is 11.1. The minimum Gasteiger partial charge on any atom is -0.458 e. The van der Waals surface area contributed by atoms with Crippen LogP contribution in [0.15, 0.2) is 22.9 Å². The number of amides is 1. The van der Waals surface area contributed by atoms with E-state index in [1.54, 1.807) is 11.3 Å². The lowest BCUT2D eigenvalue weighted by Crippen LogP contribution is -2.45. The van der Waals surface area contributed by atoms with E-state index in [1.807, 2.05) is 41.6 Å². The van der Waals surface area contributed by atoms with Crippen LogP contribution in [-0.2, 0) is 11.2 Å². The molecule has 122 valence electrons. The van der Waals surface area contributed by atoms with Gasteiger partial charge < -0.3 is 9.64 Å². The summed E-state index contributed by atoms with van der Waals surface area (Å²) < 4.78 is 5.92. The van der Waals surface area contributed by atoms with Crippen LogP contribution >= 0.6 is 11.3 Å². The highest BCUT2D eigenvalue weighted by molar-refractivity contribution is 7.07. The Balaban J connectivity index is 1.60. The minimum absolute atomic E-state index is 0.0311. The Morgan fingerprint density at radius 1 is 1.39 bits per heavy atom. The van der Waals surface area contributed by atoms with Gasteiger partial charge in [-0.15, -0.1) is 0 Å². The fourth-order valence-corrected chi connectivity index (χ4v) is 3.50. The zero-order valence-corrected chi connectivity index (χ0v) is 14.3. The van der Waals surface area contributed by atoms with Gasteiger partial charge in [-0.25, -0.2) is 9.97 Å². The van der Waals surface area contributed by atoms with Crippen molar-refractivity contribution in [1.29, 1.82) is 0 Å². The first-order valence-corrected chi connectivity index (χ1v) is 8.82. The van der Waals surface area contributed by atoms with E-state index in [0.29, 0.717) is 19.0 Å². The number of carbonyl (C=O) groups is 1. The monoisotopic (exact) mass is 331 g/mol. The Bertz CT molecular complexity index is 652. The van der Waals surface area contributed by atoms with Gasteiger partial charge in [0.15, 0.2) is 0 Å². The topological polar surface area (TPSA) is 55.3 Å². The average Bonchev–Trinajstić information content (AvgIpc) is 2.99. The zero-order valence-electron chi connectivity index (χ0n) is 13.5. The van der Waals surface area contributed by atoms with Crippen LogP contribution in [0.5, 0.6) is 6.01 Å². The molecule has 1 aliphatic heterocycles. The van der Waals surface area contributed by atoms with Crippen molar-refractivity contribution in [2.24, 2.45) is 0 Å². The van der Waals surface area contributed by atoms with Crippen molar-refractivity contribution in [3.63, 3.8) is 0 Å². The number of carbonyl (C=O) groups excluding carboxylic acids is 1. The van der Waals surface area contributed by atoms with Crippen molar-refractivity contribution in [2.75, 3.05) is 13.1 Å². The van der Waals surface area contributed by atoms with Gasteiger partial charge in [-0.2, -0.15) is 11.3 Å². The van der Waals surface area contributed by atoms with Gasteiger partial charge in [0.25, 0.3) is 0 Å². The first-order valence-electron chi connectivity index (χ1n) is 7.88. The van der Waals surface area contributed by atoms with Crippen LogP contribution in [0.3, 0.4) is 0 Å². The molecule has 0 aliphatic carbocycles. The quantitative estimate of drug-likeness (QED) is 0.864. The molecule has 0 radical (unpaired) electrons. The van der Waals surface area contributed by atoms with Gasteiger partial charge in [-0.3, -0.25) is 4.79 Å². The van der Waals surface area contributed by atoms with Gasteiger partial charge in [0.1, 0.15) is 6.10 Å². The molecule has 3 rings (SSSR count). The van der Waals surface area contributed by atoms with Crippen LogP contribution in [0, 0.1) is 13.8 Å². The molecule has 2 aromatic heterocycles. The molecule has 23 heavy (non-hydrogen) atoms. The molecule has 1 fully saturated rings. The second-order valence-corrected chi connectivity index (χ2v) is 6.74. The maximum Gasteiger partial charge on any atom is 0.317 e. The van der Waals surface area contributed by atoms with Crippen LogP contribution in [0.25, 0.3) is 0 Å². The standard InChI is InChI=1S/C17H21N3O2S/c1-12-8-13(2)19-17(18-12)22-15-4-3-6-20(10-15)16(21)9-14-5-7-23-11-14/h5,7-8,11,15H,3-4,6,9-10H2,1-2H3/t15-/m0/s1. The molecule has 3 heterocycles. The molecule has 1 atom stereocenters. The van der Waals surface area contributed by atoms with Crippen LogP contribution in [0.1, 0.15) is 29.8 Å². The number of nitrogens with zero attached hydrogens (tertiary/aromatic N) is 3. The third-order valence-electron chi connectivity index (χ3n) is 3.90. The van der Waals surface area contributed by atoms with E-state index in [2.05, 4.69) is 9.97 Å². The van der Waals surface area contributed by atoms with Crippen LogP contribution in [-0.4, -0.2) is 40.0 Å². The summed E-state index contributed by atoms with van der Waals surface area (Å²) in [6.45, 7) is 5.27. The number of rotatable bonds is 4. The van der Waals surface area contributed by atoms with Gasteiger partial charge >= 0.3 is 6.01 Å². The zero-order chi connectivity index (χ0) is 16.2. The van der Waals surface area contributed by atoms with Crippen molar-refractivity contribution in [3.05, 3.63) is 39.8 Å². The highest BCUT2D eigenvalue weighted by Gasteiger charge is 2.25. The third-order valence-corrected chi connectivity index (χ3v) is 4.63. The number of ether oxygens (including phenoxy) is 1. The van der Waals surface area contributed by atoms with Gasteiger partial charge in [0.2, 0.25) is 5.91 Å². The minimum atomic E-state index is -0.0311. The third kappa shape index (κ3) is 4.28. The van der Waals surface area contributed by atoms with Gasteiger partial charge in [0.05, 0.1) is 13.0 Å². The smallest absolute Gasteiger partial charge is 0.317 e. The number of hydrogen-bond acceptors (Lipinski definition) is 5. The molecule has 0 spiro atoms. The SMILES string of the molecule is Cc1cc(C)nc(O[C@H]2CCCN(C(=O)Cc3ccsc3)C2)n1. The van der Waals surface area contributed by atoms with Crippen molar-refractivity contribution in [2.45, 2.75) is 39.2 Å². The highest BCUT2D eigenvalue weighted by atomic mass is 32.1. The van der Waals surface area contributed by atoms with Crippen LogP contribution in [0.2, 0.25) is 0 Å². The van der Waals surface area contributed by atoms with Gasteiger partial charge in [0, 0.05) is 17.9 Å². The van der Waals surface area contributed by atoms with Crippen molar-refractivity contribution < 1.29 is 9.53 Å². The molecular formula is C17H21N3O2S. The summed E-state index contributed by atoms with van der Waals surface area (Å²) in [6.07, 6.45) is 2.32. The molecule has 0 saturated carbocycles. The summed E-state index contributed by atoms with van der Waals surface area (Å²) >= 11 is 1.62. The fraction of sp³-hybridized carbons (Fsp3) is 0.471. The maximum atomic E-state index is 12.4. The highest BCUT2D eigenvalue weighted by Crippen LogP contribution is 2.18. The number of aryl methyl sites for hydroxylation is 2. The number of hydrogen-bond donors (Lipinski definition) is 0. The Morgan fingerprint density at radius 2 is 2.17 bits per heavy atom. The van der Waals surface area contributed by atoms with Crippen molar-refractivity contribution in [3.8, 4) is 6.01 Å². The van der Waals surface area contributed by atoms with E-state index >= 15 is 0 Å².